The van der Waals surface area contributed by atoms with E-state index in [1.54, 1.807) is 0 Å². The number of fused-ring (bicyclic) bond motifs is 1. The van der Waals surface area contributed by atoms with Crippen molar-refractivity contribution >= 4 is 23.7 Å². The molecule has 6 heteroatoms. The van der Waals surface area contributed by atoms with Gasteiger partial charge in [0.05, 0.1) is 12.1 Å². The second kappa shape index (κ2) is 7.76. The second-order valence-corrected chi connectivity index (χ2v) is 6.84. The van der Waals surface area contributed by atoms with E-state index in [2.05, 4.69) is 22.9 Å². The average molecular weight is 299 g/mol. The minimum Gasteiger partial charge on any atom is -0.356 e. The van der Waals surface area contributed by atoms with Gasteiger partial charge in [-0.2, -0.15) is 11.8 Å². The number of urea groups is 1. The van der Waals surface area contributed by atoms with E-state index in [0.717, 1.165) is 44.4 Å². The molecule has 0 bridgehead atoms. The number of hydrogen-bond donors (Lipinski definition) is 3. The number of thioether (sulfide) groups is 1. The fraction of sp³-hybridized carbons (Fsp3) is 0.857. The van der Waals surface area contributed by atoms with Gasteiger partial charge in [0.1, 0.15) is 0 Å². The Labute approximate surface area is 125 Å². The Morgan fingerprint density at radius 2 is 2.20 bits per heavy atom. The van der Waals surface area contributed by atoms with Gasteiger partial charge in [-0.25, -0.2) is 4.79 Å². The monoisotopic (exact) mass is 299 g/mol. The summed E-state index contributed by atoms with van der Waals surface area (Å²) >= 11 is 1.93. The molecule has 2 rings (SSSR count). The van der Waals surface area contributed by atoms with Gasteiger partial charge in [0.15, 0.2) is 0 Å². The van der Waals surface area contributed by atoms with Gasteiger partial charge >= 0.3 is 6.03 Å². The van der Waals surface area contributed by atoms with E-state index in [0.29, 0.717) is 17.7 Å². The molecule has 2 aliphatic rings. The highest BCUT2D eigenvalue weighted by atomic mass is 32.2. The van der Waals surface area contributed by atoms with Crippen LogP contribution in [0.15, 0.2) is 0 Å². The summed E-state index contributed by atoms with van der Waals surface area (Å²) in [5.74, 6) is 1.18. The summed E-state index contributed by atoms with van der Waals surface area (Å²) in [6, 6.07) is 0.557. The summed E-state index contributed by atoms with van der Waals surface area (Å²) in [5, 5.41) is 9.39. The number of unbranched alkanes of at least 4 members (excludes halogenated alkanes) is 2. The molecule has 2 saturated heterocycles. The molecule has 0 saturated carbocycles. The molecule has 5 nitrogen and oxygen atoms in total. The van der Waals surface area contributed by atoms with Crippen LogP contribution >= 0.6 is 11.8 Å². The van der Waals surface area contributed by atoms with Crippen LogP contribution in [0.4, 0.5) is 4.79 Å². The van der Waals surface area contributed by atoms with Crippen LogP contribution in [-0.2, 0) is 4.79 Å². The highest BCUT2D eigenvalue weighted by molar-refractivity contribution is 8.00. The molecule has 0 aromatic carbocycles. The highest BCUT2D eigenvalue weighted by Crippen LogP contribution is 2.33. The highest BCUT2D eigenvalue weighted by Gasteiger charge is 2.42. The molecule has 2 aliphatic heterocycles. The molecule has 0 aromatic heterocycles. The fourth-order valence-electron chi connectivity index (χ4n) is 2.77. The van der Waals surface area contributed by atoms with Crippen molar-refractivity contribution in [3.8, 4) is 0 Å². The van der Waals surface area contributed by atoms with Crippen LogP contribution in [0.5, 0.6) is 0 Å². The molecule has 0 aromatic rings. The van der Waals surface area contributed by atoms with Gasteiger partial charge in [-0.1, -0.05) is 19.8 Å². The van der Waals surface area contributed by atoms with Crippen LogP contribution in [-0.4, -0.2) is 41.6 Å². The van der Waals surface area contributed by atoms with Gasteiger partial charge in [-0.15, -0.1) is 0 Å². The molecule has 2 heterocycles. The zero-order valence-electron chi connectivity index (χ0n) is 12.1. The third-order valence-corrected chi connectivity index (χ3v) is 5.44. The Morgan fingerprint density at radius 3 is 3.00 bits per heavy atom. The zero-order valence-corrected chi connectivity index (χ0v) is 12.9. The number of rotatable bonds is 8. The summed E-state index contributed by atoms with van der Waals surface area (Å²) < 4.78 is 0. The minimum absolute atomic E-state index is 0.0272. The average Bonchev–Trinajstić information content (AvgIpc) is 2.95. The lowest BCUT2D eigenvalue weighted by molar-refractivity contribution is -0.121. The molecule has 0 spiro atoms. The Hall–Kier alpha value is -0.910. The third-order valence-electron chi connectivity index (χ3n) is 3.93. The number of carbonyl (C=O) groups is 2. The standard InChI is InChI=1S/C14H25N3O2S/c1-2-3-8-15-12(18)7-5-4-6-11-13-10(9-20-11)16-14(19)17-13/h10-11,13H,2-9H2,1H3,(H,15,18)(H2,16,17,19)/t10-,11-,13-/m1/s1. The van der Waals surface area contributed by atoms with Crippen LogP contribution < -0.4 is 16.0 Å². The summed E-state index contributed by atoms with van der Waals surface area (Å²) in [4.78, 5) is 22.8. The van der Waals surface area contributed by atoms with Crippen LogP contribution in [0.25, 0.3) is 0 Å². The van der Waals surface area contributed by atoms with Crippen LogP contribution in [0.2, 0.25) is 0 Å². The predicted molar refractivity (Wildman–Crippen MR) is 81.9 cm³/mol. The lowest BCUT2D eigenvalue weighted by atomic mass is 10.0. The number of nitrogens with one attached hydrogen (secondary N) is 3. The van der Waals surface area contributed by atoms with Gasteiger partial charge < -0.3 is 16.0 Å². The summed E-state index contributed by atoms with van der Waals surface area (Å²) in [6.07, 6.45) is 5.86. The summed E-state index contributed by atoms with van der Waals surface area (Å²) in [7, 11) is 0. The first kappa shape index (κ1) is 15.5. The molecule has 3 amide bonds. The maximum absolute atomic E-state index is 11.6. The van der Waals surface area contributed by atoms with E-state index >= 15 is 0 Å². The zero-order chi connectivity index (χ0) is 14.4. The Balaban J connectivity index is 1.55. The van der Waals surface area contributed by atoms with Crippen LogP contribution in [0.3, 0.4) is 0 Å². The van der Waals surface area contributed by atoms with E-state index in [4.69, 9.17) is 0 Å². The van der Waals surface area contributed by atoms with Gasteiger partial charge in [-0.3, -0.25) is 4.79 Å². The maximum atomic E-state index is 11.6. The Bertz CT molecular complexity index is 351. The molecule has 114 valence electrons. The van der Waals surface area contributed by atoms with Crippen molar-refractivity contribution in [2.75, 3.05) is 12.3 Å². The number of amides is 3. The molecule has 2 fully saturated rings. The Kier molecular flexibility index (Phi) is 6.01. The molecule has 3 N–H and O–H groups in total. The molecular weight excluding hydrogens is 274 g/mol. The lowest BCUT2D eigenvalue weighted by Gasteiger charge is -2.16. The SMILES string of the molecule is CCCCNC(=O)CCCC[C@H]1SC[C@H]2NC(=O)N[C@H]21. The van der Waals surface area contributed by atoms with Gasteiger partial charge in [0.2, 0.25) is 5.91 Å². The van der Waals surface area contributed by atoms with Crippen molar-refractivity contribution in [1.82, 2.24) is 16.0 Å². The second-order valence-electron chi connectivity index (χ2n) is 5.57. The smallest absolute Gasteiger partial charge is 0.315 e. The number of carbonyl (C=O) groups excluding carboxylic acids is 2. The summed E-state index contributed by atoms with van der Waals surface area (Å²) in [6.45, 7) is 2.92. The molecule has 3 atom stereocenters. The van der Waals surface area contributed by atoms with E-state index in [-0.39, 0.29) is 18.0 Å². The number of hydrogen-bond acceptors (Lipinski definition) is 3. The lowest BCUT2D eigenvalue weighted by Crippen LogP contribution is -2.36. The third kappa shape index (κ3) is 4.30. The normalized spacial score (nSPS) is 27.9. The molecule has 0 aliphatic carbocycles. The largest absolute Gasteiger partial charge is 0.356 e. The minimum atomic E-state index is -0.0272. The summed E-state index contributed by atoms with van der Waals surface area (Å²) in [5.41, 5.74) is 0. The first-order valence-corrected chi connectivity index (χ1v) is 8.71. The predicted octanol–water partition coefficient (Wildman–Crippen LogP) is 1.63. The van der Waals surface area contributed by atoms with E-state index in [1.165, 1.54) is 0 Å². The van der Waals surface area contributed by atoms with Crippen molar-refractivity contribution in [1.29, 1.82) is 0 Å². The van der Waals surface area contributed by atoms with Crippen molar-refractivity contribution in [3.05, 3.63) is 0 Å². The molecular formula is C14H25N3O2S. The Morgan fingerprint density at radius 1 is 1.35 bits per heavy atom. The maximum Gasteiger partial charge on any atom is 0.315 e. The van der Waals surface area contributed by atoms with Crippen molar-refractivity contribution in [3.63, 3.8) is 0 Å². The van der Waals surface area contributed by atoms with Gasteiger partial charge in [-0.05, 0) is 19.3 Å². The topological polar surface area (TPSA) is 70.2 Å². The van der Waals surface area contributed by atoms with Crippen molar-refractivity contribution in [2.45, 2.75) is 62.8 Å². The molecule has 0 unspecified atom stereocenters. The van der Waals surface area contributed by atoms with E-state index < -0.39 is 0 Å². The van der Waals surface area contributed by atoms with Crippen molar-refractivity contribution < 1.29 is 9.59 Å². The van der Waals surface area contributed by atoms with Crippen LogP contribution in [0, 0.1) is 0 Å². The quantitative estimate of drug-likeness (QED) is 0.471. The van der Waals surface area contributed by atoms with Gasteiger partial charge in [0, 0.05) is 24.0 Å². The van der Waals surface area contributed by atoms with Crippen molar-refractivity contribution in [2.24, 2.45) is 0 Å². The molecule has 20 heavy (non-hydrogen) atoms. The van der Waals surface area contributed by atoms with Crippen LogP contribution in [0.1, 0.15) is 45.4 Å². The molecule has 0 radical (unpaired) electrons. The first-order chi connectivity index (χ1) is 9.70. The van der Waals surface area contributed by atoms with E-state index in [1.807, 2.05) is 11.8 Å². The fourth-order valence-corrected chi connectivity index (χ4v) is 4.31. The first-order valence-electron chi connectivity index (χ1n) is 7.66. The van der Waals surface area contributed by atoms with E-state index in [9.17, 15) is 9.59 Å². The van der Waals surface area contributed by atoms with Gasteiger partial charge in [0.25, 0.3) is 0 Å².